The molecule has 0 aromatic carbocycles. The Hall–Kier alpha value is 0.0500. The zero-order valence-electron chi connectivity index (χ0n) is 12.0. The fourth-order valence-corrected chi connectivity index (χ4v) is 7.01. The van der Waals surface area contributed by atoms with Gasteiger partial charge in [-0.2, -0.15) is 4.31 Å². The number of sulfonamides is 1. The number of hydrogen-bond acceptors (Lipinski definition) is 4. The van der Waals surface area contributed by atoms with Gasteiger partial charge in [0.15, 0.2) is 0 Å². The highest BCUT2D eigenvalue weighted by atomic mass is 79.9. The van der Waals surface area contributed by atoms with Crippen LogP contribution in [0.25, 0.3) is 0 Å². The van der Waals surface area contributed by atoms with Crippen LogP contribution in [0.3, 0.4) is 0 Å². The minimum absolute atomic E-state index is 0.0632. The number of nitrogens with zero attached hydrogens (tertiary/aromatic N) is 1. The lowest BCUT2D eigenvalue weighted by Crippen LogP contribution is -2.45. The second-order valence-electron chi connectivity index (χ2n) is 5.36. The molecule has 1 saturated heterocycles. The van der Waals surface area contributed by atoms with E-state index >= 15 is 0 Å². The highest BCUT2D eigenvalue weighted by Crippen LogP contribution is 2.36. The molecule has 2 atom stereocenters. The molecule has 1 aliphatic heterocycles. The lowest BCUT2D eigenvalue weighted by Gasteiger charge is -2.36. The first-order valence-electron chi connectivity index (χ1n) is 6.82. The van der Waals surface area contributed by atoms with Crippen LogP contribution in [0.4, 0.5) is 0 Å². The fourth-order valence-electron chi connectivity index (χ4n) is 2.60. The average molecular weight is 381 g/mol. The van der Waals surface area contributed by atoms with Gasteiger partial charge in [0.05, 0.1) is 3.79 Å². The third-order valence-electron chi connectivity index (χ3n) is 3.96. The van der Waals surface area contributed by atoms with E-state index in [2.05, 4.69) is 28.2 Å². The third kappa shape index (κ3) is 3.11. The third-order valence-corrected chi connectivity index (χ3v) is 8.20. The van der Waals surface area contributed by atoms with Crippen LogP contribution in [0.1, 0.15) is 31.6 Å². The normalized spacial score (nSPS) is 25.0. The monoisotopic (exact) mass is 380 g/mol. The predicted molar refractivity (Wildman–Crippen MR) is 86.5 cm³/mol. The first kappa shape index (κ1) is 16.4. The van der Waals surface area contributed by atoms with Crippen molar-refractivity contribution in [3.05, 3.63) is 14.7 Å². The van der Waals surface area contributed by atoms with Crippen molar-refractivity contribution in [2.24, 2.45) is 5.92 Å². The van der Waals surface area contributed by atoms with Crippen molar-refractivity contribution in [2.45, 2.75) is 44.2 Å². The predicted octanol–water partition coefficient (Wildman–Crippen LogP) is 3.04. The Morgan fingerprint density at radius 3 is 2.85 bits per heavy atom. The Morgan fingerprint density at radius 2 is 2.20 bits per heavy atom. The molecule has 0 bridgehead atoms. The topological polar surface area (TPSA) is 49.4 Å². The largest absolute Gasteiger partial charge is 0.315 e. The molecule has 1 aliphatic rings. The highest BCUT2D eigenvalue weighted by Gasteiger charge is 2.36. The van der Waals surface area contributed by atoms with Gasteiger partial charge in [-0.3, -0.25) is 0 Å². The highest BCUT2D eigenvalue weighted by molar-refractivity contribution is 9.11. The molecule has 0 radical (unpaired) electrons. The Labute approximate surface area is 133 Å². The van der Waals surface area contributed by atoms with E-state index in [1.165, 1.54) is 11.3 Å². The summed E-state index contributed by atoms with van der Waals surface area (Å²) in [6, 6.07) is 1.85. The van der Waals surface area contributed by atoms with Gasteiger partial charge in [0.2, 0.25) is 10.0 Å². The van der Waals surface area contributed by atoms with E-state index in [0.717, 1.165) is 17.7 Å². The Kier molecular flexibility index (Phi) is 5.29. The molecule has 2 rings (SSSR count). The van der Waals surface area contributed by atoms with Gasteiger partial charge in [-0.05, 0) is 54.7 Å². The molecule has 2 heterocycles. The van der Waals surface area contributed by atoms with Crippen LogP contribution in [-0.2, 0) is 16.6 Å². The molecule has 1 N–H and O–H groups in total. The van der Waals surface area contributed by atoms with E-state index in [4.69, 9.17) is 0 Å². The quantitative estimate of drug-likeness (QED) is 0.872. The number of nitrogens with one attached hydrogen (secondary N) is 1. The van der Waals surface area contributed by atoms with Crippen molar-refractivity contribution >= 4 is 37.3 Å². The zero-order valence-corrected chi connectivity index (χ0v) is 15.2. The van der Waals surface area contributed by atoms with Crippen molar-refractivity contribution < 1.29 is 8.42 Å². The van der Waals surface area contributed by atoms with Crippen LogP contribution >= 0.6 is 27.3 Å². The van der Waals surface area contributed by atoms with E-state index in [-0.39, 0.29) is 6.04 Å². The van der Waals surface area contributed by atoms with E-state index in [0.29, 0.717) is 27.7 Å². The molecule has 0 spiro atoms. The van der Waals surface area contributed by atoms with Crippen LogP contribution in [0, 0.1) is 5.92 Å². The second kappa shape index (κ2) is 6.44. The number of rotatable bonds is 4. The van der Waals surface area contributed by atoms with Gasteiger partial charge in [-0.15, -0.1) is 11.3 Å². The van der Waals surface area contributed by atoms with E-state index < -0.39 is 10.0 Å². The molecule has 0 amide bonds. The molecule has 114 valence electrons. The molecule has 4 nitrogen and oxygen atoms in total. The summed E-state index contributed by atoms with van der Waals surface area (Å²) in [6.07, 6.45) is 2.04. The van der Waals surface area contributed by atoms with Gasteiger partial charge in [0.1, 0.15) is 4.90 Å². The molecular formula is C13H21BrN2O2S2. The summed E-state index contributed by atoms with van der Waals surface area (Å²) in [5, 5.41) is 3.05. The Morgan fingerprint density at radius 1 is 1.50 bits per heavy atom. The number of thiophene rings is 1. The summed E-state index contributed by atoms with van der Waals surface area (Å²) in [6.45, 7) is 5.44. The lowest BCUT2D eigenvalue weighted by molar-refractivity contribution is 0.202. The summed E-state index contributed by atoms with van der Waals surface area (Å²) in [7, 11) is -1.55. The first-order chi connectivity index (χ1) is 9.37. The molecule has 7 heteroatoms. The standard InChI is InChI=1S/C13H21BrN2O2S2/c1-9-5-4-6-16(10(9)2)20(17,18)12-7-11(8-15-3)19-13(12)14/h7,9-10,15H,4-6,8H2,1-3H3. The van der Waals surface area contributed by atoms with Crippen molar-refractivity contribution in [2.75, 3.05) is 13.6 Å². The molecule has 0 saturated carbocycles. The summed E-state index contributed by atoms with van der Waals surface area (Å²) in [5.41, 5.74) is 0. The Bertz CT molecular complexity index is 571. The van der Waals surface area contributed by atoms with Crippen molar-refractivity contribution in [1.29, 1.82) is 0 Å². The first-order valence-corrected chi connectivity index (χ1v) is 9.87. The summed E-state index contributed by atoms with van der Waals surface area (Å²) in [4.78, 5) is 1.43. The van der Waals surface area contributed by atoms with Gasteiger partial charge in [-0.1, -0.05) is 6.92 Å². The Balaban J connectivity index is 2.34. The van der Waals surface area contributed by atoms with Crippen LogP contribution in [0.15, 0.2) is 14.7 Å². The summed E-state index contributed by atoms with van der Waals surface area (Å²) >= 11 is 4.89. The van der Waals surface area contributed by atoms with Gasteiger partial charge < -0.3 is 5.32 Å². The summed E-state index contributed by atoms with van der Waals surface area (Å²) in [5.74, 6) is 0.410. The second-order valence-corrected chi connectivity index (χ2v) is 9.67. The zero-order chi connectivity index (χ0) is 14.9. The molecule has 0 aliphatic carbocycles. The minimum atomic E-state index is -3.40. The van der Waals surface area contributed by atoms with Crippen molar-refractivity contribution in [3.8, 4) is 0 Å². The van der Waals surface area contributed by atoms with E-state index in [1.807, 2.05) is 14.0 Å². The van der Waals surface area contributed by atoms with Crippen LogP contribution < -0.4 is 5.32 Å². The molecule has 1 aromatic rings. The van der Waals surface area contributed by atoms with E-state index in [1.54, 1.807) is 10.4 Å². The molecule has 20 heavy (non-hydrogen) atoms. The van der Waals surface area contributed by atoms with Crippen LogP contribution in [0.5, 0.6) is 0 Å². The van der Waals surface area contributed by atoms with Gasteiger partial charge >= 0.3 is 0 Å². The number of piperidine rings is 1. The lowest BCUT2D eigenvalue weighted by atomic mass is 9.94. The number of halogens is 1. The smallest absolute Gasteiger partial charge is 0.245 e. The van der Waals surface area contributed by atoms with Crippen LogP contribution in [0.2, 0.25) is 0 Å². The van der Waals surface area contributed by atoms with Crippen LogP contribution in [-0.4, -0.2) is 32.4 Å². The maximum Gasteiger partial charge on any atom is 0.245 e. The summed E-state index contributed by atoms with van der Waals surface area (Å²) < 4.78 is 28.1. The molecule has 1 aromatic heterocycles. The molecular weight excluding hydrogens is 360 g/mol. The van der Waals surface area contributed by atoms with Gasteiger partial charge in [0, 0.05) is 24.0 Å². The number of hydrogen-bond donors (Lipinski definition) is 1. The maximum absolute atomic E-state index is 12.9. The van der Waals surface area contributed by atoms with Crippen molar-refractivity contribution in [1.82, 2.24) is 9.62 Å². The fraction of sp³-hybridized carbons (Fsp3) is 0.692. The molecule has 1 fully saturated rings. The molecule has 2 unspecified atom stereocenters. The minimum Gasteiger partial charge on any atom is -0.315 e. The van der Waals surface area contributed by atoms with Crippen molar-refractivity contribution in [3.63, 3.8) is 0 Å². The van der Waals surface area contributed by atoms with Gasteiger partial charge in [-0.25, -0.2) is 8.42 Å². The maximum atomic E-state index is 12.9. The van der Waals surface area contributed by atoms with Gasteiger partial charge in [0.25, 0.3) is 0 Å². The SMILES string of the molecule is CNCc1cc(S(=O)(=O)N2CCCC(C)C2C)c(Br)s1. The average Bonchev–Trinajstić information content (AvgIpc) is 2.75. The van der Waals surface area contributed by atoms with E-state index in [9.17, 15) is 8.42 Å².